The second-order valence-corrected chi connectivity index (χ2v) is 7.21. The maximum absolute atomic E-state index is 13.2. The molecule has 0 aliphatic carbocycles. The van der Waals surface area contributed by atoms with Gasteiger partial charge in [0.1, 0.15) is 34.8 Å². The number of methoxy groups -OCH3 is 2. The summed E-state index contributed by atoms with van der Waals surface area (Å²) in [5, 5.41) is 11.1. The molecule has 0 radical (unpaired) electrons. The number of ketones is 1. The number of hydrogen-bond acceptors (Lipinski definition) is 7. The van der Waals surface area contributed by atoms with Crippen LogP contribution in [0.3, 0.4) is 0 Å². The lowest BCUT2D eigenvalue weighted by Crippen LogP contribution is -2.29. The summed E-state index contributed by atoms with van der Waals surface area (Å²) in [6, 6.07) is 13.8. The standard InChI is InChI=1S/C25H23NO7/c1-4-32-17-9-7-15(8-10-17)23(27)21-22(20-6-5-11-33-20)26(25(29)24(21)28)16-12-18(30-2)14-19(13-16)31-3/h5-14,22,27H,4H2,1-3H3/b23-21-. The van der Waals surface area contributed by atoms with Crippen LogP contribution in [-0.2, 0) is 9.59 Å². The summed E-state index contributed by atoms with van der Waals surface area (Å²) in [7, 11) is 2.98. The van der Waals surface area contributed by atoms with E-state index in [9.17, 15) is 14.7 Å². The number of anilines is 1. The van der Waals surface area contributed by atoms with Crippen molar-refractivity contribution in [3.05, 3.63) is 77.8 Å². The highest BCUT2D eigenvalue weighted by Crippen LogP contribution is 2.44. The van der Waals surface area contributed by atoms with E-state index in [1.165, 1.54) is 25.4 Å². The number of nitrogens with zero attached hydrogens (tertiary/aromatic N) is 1. The molecular weight excluding hydrogens is 426 g/mol. The summed E-state index contributed by atoms with van der Waals surface area (Å²) in [5.74, 6) is -0.116. The summed E-state index contributed by atoms with van der Waals surface area (Å²) < 4.78 is 21.6. The molecule has 8 heteroatoms. The van der Waals surface area contributed by atoms with Gasteiger partial charge in [-0.1, -0.05) is 0 Å². The highest BCUT2D eigenvalue weighted by Gasteiger charge is 2.48. The number of amides is 1. The van der Waals surface area contributed by atoms with Gasteiger partial charge in [0.25, 0.3) is 11.7 Å². The highest BCUT2D eigenvalue weighted by molar-refractivity contribution is 6.51. The van der Waals surface area contributed by atoms with Crippen molar-refractivity contribution in [2.45, 2.75) is 13.0 Å². The molecule has 1 saturated heterocycles. The number of hydrogen-bond donors (Lipinski definition) is 1. The average molecular weight is 449 g/mol. The molecule has 3 aromatic rings. The second kappa shape index (κ2) is 9.12. The predicted octanol–water partition coefficient (Wildman–Crippen LogP) is 4.32. The minimum absolute atomic E-state index is 0.0825. The highest BCUT2D eigenvalue weighted by atomic mass is 16.5. The molecule has 1 atom stereocenters. The smallest absolute Gasteiger partial charge is 0.300 e. The van der Waals surface area contributed by atoms with Crippen LogP contribution in [-0.4, -0.2) is 37.6 Å². The Balaban J connectivity index is 1.87. The Kier molecular flexibility index (Phi) is 6.08. The van der Waals surface area contributed by atoms with E-state index in [0.717, 1.165) is 0 Å². The van der Waals surface area contributed by atoms with E-state index in [0.29, 0.717) is 40.9 Å². The lowest BCUT2D eigenvalue weighted by molar-refractivity contribution is -0.132. The lowest BCUT2D eigenvalue weighted by atomic mass is 9.99. The van der Waals surface area contributed by atoms with E-state index in [1.54, 1.807) is 54.6 Å². The van der Waals surface area contributed by atoms with Crippen LogP contribution in [0, 0.1) is 0 Å². The molecule has 1 unspecified atom stereocenters. The van der Waals surface area contributed by atoms with Gasteiger partial charge >= 0.3 is 0 Å². The quantitative estimate of drug-likeness (QED) is 0.326. The lowest BCUT2D eigenvalue weighted by Gasteiger charge is -2.24. The van der Waals surface area contributed by atoms with Gasteiger partial charge in [-0.2, -0.15) is 0 Å². The Hall–Kier alpha value is -4.20. The van der Waals surface area contributed by atoms with Crippen LogP contribution in [0.1, 0.15) is 24.3 Å². The van der Waals surface area contributed by atoms with Crippen molar-refractivity contribution in [2.75, 3.05) is 25.7 Å². The van der Waals surface area contributed by atoms with Crippen molar-refractivity contribution in [1.29, 1.82) is 0 Å². The average Bonchev–Trinajstić information content (AvgIpc) is 3.46. The molecule has 1 aliphatic rings. The van der Waals surface area contributed by atoms with Crippen LogP contribution in [0.25, 0.3) is 5.76 Å². The molecule has 33 heavy (non-hydrogen) atoms. The van der Waals surface area contributed by atoms with Gasteiger partial charge in [0.15, 0.2) is 0 Å². The van der Waals surface area contributed by atoms with E-state index in [1.807, 2.05) is 6.92 Å². The van der Waals surface area contributed by atoms with Crippen molar-refractivity contribution in [3.8, 4) is 17.2 Å². The summed E-state index contributed by atoms with van der Waals surface area (Å²) in [4.78, 5) is 27.6. The van der Waals surface area contributed by atoms with Gasteiger partial charge in [0.05, 0.1) is 38.4 Å². The first-order chi connectivity index (χ1) is 16.0. The summed E-state index contributed by atoms with van der Waals surface area (Å²) in [6.45, 7) is 2.37. The number of carbonyl (C=O) groups is 2. The molecule has 1 N–H and O–H groups in total. The van der Waals surface area contributed by atoms with Crippen LogP contribution in [0.2, 0.25) is 0 Å². The van der Waals surface area contributed by atoms with Crippen LogP contribution in [0.5, 0.6) is 17.2 Å². The maximum atomic E-state index is 13.2. The molecule has 0 spiro atoms. The van der Waals surface area contributed by atoms with Crippen molar-refractivity contribution in [1.82, 2.24) is 0 Å². The van der Waals surface area contributed by atoms with Gasteiger partial charge in [-0.05, 0) is 43.3 Å². The monoisotopic (exact) mass is 449 g/mol. The van der Waals surface area contributed by atoms with Gasteiger partial charge < -0.3 is 23.7 Å². The molecule has 170 valence electrons. The van der Waals surface area contributed by atoms with Crippen LogP contribution < -0.4 is 19.1 Å². The number of Topliss-reactive ketones (excluding diaryl/α,β-unsaturated/α-hetero) is 1. The first-order valence-electron chi connectivity index (χ1n) is 10.3. The summed E-state index contributed by atoms with van der Waals surface area (Å²) >= 11 is 0. The maximum Gasteiger partial charge on any atom is 0.300 e. The number of ether oxygens (including phenoxy) is 3. The van der Waals surface area contributed by atoms with E-state index in [-0.39, 0.29) is 11.3 Å². The molecular formula is C25H23NO7. The SMILES string of the molecule is CCOc1ccc(/C(O)=C2/C(=O)C(=O)N(c3cc(OC)cc(OC)c3)C2c2ccco2)cc1. The molecule has 0 bridgehead atoms. The van der Waals surface area contributed by atoms with Crippen LogP contribution in [0.4, 0.5) is 5.69 Å². The third kappa shape index (κ3) is 4.03. The zero-order chi connectivity index (χ0) is 23.5. The van der Waals surface area contributed by atoms with Gasteiger partial charge in [-0.15, -0.1) is 0 Å². The number of aliphatic hydroxyl groups excluding tert-OH is 1. The second-order valence-electron chi connectivity index (χ2n) is 7.21. The molecule has 8 nitrogen and oxygen atoms in total. The minimum Gasteiger partial charge on any atom is -0.507 e. The first-order valence-corrected chi connectivity index (χ1v) is 10.3. The van der Waals surface area contributed by atoms with Gasteiger partial charge in [-0.25, -0.2) is 0 Å². The van der Waals surface area contributed by atoms with Crippen molar-refractivity contribution in [2.24, 2.45) is 0 Å². The molecule has 1 aliphatic heterocycles. The molecule has 0 saturated carbocycles. The number of benzene rings is 2. The van der Waals surface area contributed by atoms with Crippen LogP contribution >= 0.6 is 0 Å². The minimum atomic E-state index is -0.983. The number of furan rings is 1. The Bertz CT molecular complexity index is 1170. The van der Waals surface area contributed by atoms with Crippen molar-refractivity contribution in [3.63, 3.8) is 0 Å². The van der Waals surface area contributed by atoms with E-state index < -0.39 is 17.7 Å². The van der Waals surface area contributed by atoms with Crippen molar-refractivity contribution >= 4 is 23.1 Å². The topological polar surface area (TPSA) is 98.4 Å². The number of aliphatic hydroxyl groups is 1. The molecule has 4 rings (SSSR count). The first kappa shape index (κ1) is 22.0. The fourth-order valence-electron chi connectivity index (χ4n) is 3.78. The van der Waals surface area contributed by atoms with E-state index >= 15 is 0 Å². The van der Waals surface area contributed by atoms with E-state index in [2.05, 4.69) is 0 Å². The van der Waals surface area contributed by atoms with Gasteiger partial charge in [0, 0.05) is 23.8 Å². The Labute approximate surface area is 190 Å². The third-order valence-electron chi connectivity index (χ3n) is 5.31. The summed E-state index contributed by atoms with van der Waals surface area (Å²) in [5.41, 5.74) is 0.651. The fourth-order valence-corrected chi connectivity index (χ4v) is 3.78. The van der Waals surface area contributed by atoms with Gasteiger partial charge in [-0.3, -0.25) is 14.5 Å². The molecule has 1 aromatic heterocycles. The van der Waals surface area contributed by atoms with Crippen LogP contribution in [0.15, 0.2) is 70.9 Å². The van der Waals surface area contributed by atoms with Crippen molar-refractivity contribution < 1.29 is 33.3 Å². The molecule has 2 aromatic carbocycles. The number of rotatable bonds is 7. The molecule has 1 fully saturated rings. The third-order valence-corrected chi connectivity index (χ3v) is 5.31. The Morgan fingerprint density at radius 2 is 1.67 bits per heavy atom. The zero-order valence-corrected chi connectivity index (χ0v) is 18.4. The van der Waals surface area contributed by atoms with E-state index in [4.69, 9.17) is 18.6 Å². The largest absolute Gasteiger partial charge is 0.507 e. The normalized spacial score (nSPS) is 17.3. The Morgan fingerprint density at radius 3 is 2.21 bits per heavy atom. The summed E-state index contributed by atoms with van der Waals surface area (Å²) in [6.07, 6.45) is 1.44. The predicted molar refractivity (Wildman–Crippen MR) is 121 cm³/mol. The fraction of sp³-hybridized carbons (Fsp3) is 0.200. The number of carbonyl (C=O) groups excluding carboxylic acids is 2. The van der Waals surface area contributed by atoms with Gasteiger partial charge in [0.2, 0.25) is 0 Å². The zero-order valence-electron chi connectivity index (χ0n) is 18.4. The molecule has 2 heterocycles. The molecule has 1 amide bonds. The Morgan fingerprint density at radius 1 is 1.00 bits per heavy atom.